The third kappa shape index (κ3) is 1.65. The lowest BCUT2D eigenvalue weighted by Crippen LogP contribution is -2.07. The van der Waals surface area contributed by atoms with Crippen molar-refractivity contribution in [2.45, 2.75) is 6.92 Å². The van der Waals surface area contributed by atoms with E-state index in [0.717, 1.165) is 27.4 Å². The molecule has 0 aliphatic heterocycles. The molecular weight excluding hydrogens is 254 g/mol. The first-order chi connectivity index (χ1) is 9.67. The van der Waals surface area contributed by atoms with Gasteiger partial charge in [-0.3, -0.25) is 0 Å². The number of nitrogens with one attached hydrogen (secondary N) is 1. The SMILES string of the molecule is COC(=O)c1c(OC)cc2c([nH]c3ccccc32)c1C. The van der Waals surface area contributed by atoms with Gasteiger partial charge >= 0.3 is 5.97 Å². The molecule has 1 aromatic heterocycles. The molecule has 0 atom stereocenters. The number of ether oxygens (including phenoxy) is 2. The summed E-state index contributed by atoms with van der Waals surface area (Å²) in [6.45, 7) is 1.90. The van der Waals surface area contributed by atoms with Crippen LogP contribution < -0.4 is 4.74 Å². The van der Waals surface area contributed by atoms with Crippen molar-refractivity contribution in [1.82, 2.24) is 4.98 Å². The van der Waals surface area contributed by atoms with E-state index in [0.29, 0.717) is 11.3 Å². The van der Waals surface area contributed by atoms with E-state index < -0.39 is 0 Å². The van der Waals surface area contributed by atoms with Gasteiger partial charge in [-0.2, -0.15) is 0 Å². The van der Waals surface area contributed by atoms with Crippen LogP contribution in [0.5, 0.6) is 5.75 Å². The number of fused-ring (bicyclic) bond motifs is 3. The summed E-state index contributed by atoms with van der Waals surface area (Å²) in [5.74, 6) is 0.145. The zero-order valence-corrected chi connectivity index (χ0v) is 11.6. The molecule has 0 unspecified atom stereocenters. The Morgan fingerprint density at radius 2 is 1.90 bits per heavy atom. The van der Waals surface area contributed by atoms with Gasteiger partial charge in [0.15, 0.2) is 0 Å². The molecule has 3 rings (SSSR count). The number of aryl methyl sites for hydroxylation is 1. The highest BCUT2D eigenvalue weighted by atomic mass is 16.5. The Labute approximate surface area is 116 Å². The number of carbonyl (C=O) groups is 1. The molecule has 2 aromatic carbocycles. The molecule has 4 nitrogen and oxygen atoms in total. The molecule has 0 saturated heterocycles. The van der Waals surface area contributed by atoms with Gasteiger partial charge in [-0.05, 0) is 24.6 Å². The maximum absolute atomic E-state index is 12.0. The lowest BCUT2D eigenvalue weighted by Gasteiger charge is -2.11. The molecule has 1 heterocycles. The summed E-state index contributed by atoms with van der Waals surface area (Å²) in [6.07, 6.45) is 0. The highest BCUT2D eigenvalue weighted by Gasteiger charge is 2.20. The van der Waals surface area contributed by atoms with Gasteiger partial charge in [0.1, 0.15) is 11.3 Å². The minimum Gasteiger partial charge on any atom is -0.496 e. The fraction of sp³-hybridized carbons (Fsp3) is 0.188. The molecule has 1 N–H and O–H groups in total. The van der Waals surface area contributed by atoms with E-state index in [9.17, 15) is 4.79 Å². The van der Waals surface area contributed by atoms with Gasteiger partial charge in [-0.1, -0.05) is 18.2 Å². The van der Waals surface area contributed by atoms with E-state index in [2.05, 4.69) is 4.98 Å². The van der Waals surface area contributed by atoms with Crippen LogP contribution in [-0.4, -0.2) is 25.2 Å². The number of H-pyrrole nitrogens is 1. The lowest BCUT2D eigenvalue weighted by atomic mass is 10.0. The van der Waals surface area contributed by atoms with E-state index in [1.165, 1.54) is 7.11 Å². The van der Waals surface area contributed by atoms with Gasteiger partial charge in [0.25, 0.3) is 0 Å². The fourth-order valence-corrected chi connectivity index (χ4v) is 2.64. The van der Waals surface area contributed by atoms with E-state index >= 15 is 0 Å². The summed E-state index contributed by atoms with van der Waals surface area (Å²) in [4.78, 5) is 15.3. The molecule has 102 valence electrons. The third-order valence-electron chi connectivity index (χ3n) is 3.63. The monoisotopic (exact) mass is 269 g/mol. The van der Waals surface area contributed by atoms with Crippen molar-refractivity contribution in [3.05, 3.63) is 41.5 Å². The van der Waals surface area contributed by atoms with Gasteiger partial charge in [0.05, 0.1) is 19.7 Å². The van der Waals surface area contributed by atoms with Crippen LogP contribution in [0.1, 0.15) is 15.9 Å². The predicted molar refractivity (Wildman–Crippen MR) is 78.4 cm³/mol. The molecular formula is C16H15NO3. The molecule has 0 aliphatic carbocycles. The fourth-order valence-electron chi connectivity index (χ4n) is 2.64. The van der Waals surface area contributed by atoms with Crippen LogP contribution in [-0.2, 0) is 4.74 Å². The number of aromatic amines is 1. The zero-order chi connectivity index (χ0) is 14.3. The molecule has 0 aliphatic rings. The molecule has 3 aromatic rings. The Morgan fingerprint density at radius 1 is 1.15 bits per heavy atom. The number of aromatic nitrogens is 1. The van der Waals surface area contributed by atoms with E-state index in [4.69, 9.17) is 9.47 Å². The van der Waals surface area contributed by atoms with Crippen molar-refractivity contribution < 1.29 is 14.3 Å². The van der Waals surface area contributed by atoms with E-state index in [-0.39, 0.29) is 5.97 Å². The minimum atomic E-state index is -0.389. The quantitative estimate of drug-likeness (QED) is 0.725. The van der Waals surface area contributed by atoms with Gasteiger partial charge < -0.3 is 14.5 Å². The van der Waals surface area contributed by atoms with Gasteiger partial charge in [-0.25, -0.2) is 4.79 Å². The normalized spacial score (nSPS) is 10.9. The number of rotatable bonds is 2. The largest absolute Gasteiger partial charge is 0.496 e. The molecule has 0 amide bonds. The summed E-state index contributed by atoms with van der Waals surface area (Å²) in [5, 5.41) is 2.16. The molecule has 4 heteroatoms. The maximum Gasteiger partial charge on any atom is 0.341 e. The second kappa shape index (κ2) is 4.56. The Hall–Kier alpha value is -2.49. The van der Waals surface area contributed by atoms with Crippen molar-refractivity contribution in [3.8, 4) is 5.75 Å². The average Bonchev–Trinajstić information content (AvgIpc) is 2.85. The van der Waals surface area contributed by atoms with E-state index in [1.54, 1.807) is 7.11 Å². The first kappa shape index (κ1) is 12.5. The topological polar surface area (TPSA) is 51.3 Å². The summed E-state index contributed by atoms with van der Waals surface area (Å²) < 4.78 is 10.2. The Bertz CT molecular complexity index is 817. The summed E-state index contributed by atoms with van der Waals surface area (Å²) in [7, 11) is 2.93. The molecule has 0 spiro atoms. The van der Waals surface area contributed by atoms with Crippen LogP contribution in [0.4, 0.5) is 0 Å². The van der Waals surface area contributed by atoms with Crippen LogP contribution in [0.3, 0.4) is 0 Å². The summed E-state index contributed by atoms with van der Waals surface area (Å²) in [6, 6.07) is 9.91. The minimum absolute atomic E-state index is 0.389. The zero-order valence-electron chi connectivity index (χ0n) is 11.6. The number of hydrogen-bond acceptors (Lipinski definition) is 3. The number of carbonyl (C=O) groups excluding carboxylic acids is 1. The van der Waals surface area contributed by atoms with Crippen LogP contribution >= 0.6 is 0 Å². The predicted octanol–water partition coefficient (Wildman–Crippen LogP) is 3.42. The lowest BCUT2D eigenvalue weighted by molar-refractivity contribution is 0.0596. The Balaban J connectivity index is 2.45. The second-order valence-electron chi connectivity index (χ2n) is 4.66. The molecule has 0 fully saturated rings. The van der Waals surface area contributed by atoms with E-state index in [1.807, 2.05) is 37.3 Å². The highest BCUT2D eigenvalue weighted by molar-refractivity contribution is 6.12. The number of hydrogen-bond donors (Lipinski definition) is 1. The second-order valence-corrected chi connectivity index (χ2v) is 4.66. The van der Waals surface area contributed by atoms with Gasteiger partial charge in [0.2, 0.25) is 0 Å². The molecule has 20 heavy (non-hydrogen) atoms. The van der Waals surface area contributed by atoms with Gasteiger partial charge in [-0.15, -0.1) is 0 Å². The first-order valence-electron chi connectivity index (χ1n) is 6.33. The van der Waals surface area contributed by atoms with Crippen molar-refractivity contribution in [3.63, 3.8) is 0 Å². The van der Waals surface area contributed by atoms with Crippen LogP contribution in [0.25, 0.3) is 21.8 Å². The van der Waals surface area contributed by atoms with Crippen LogP contribution in [0, 0.1) is 6.92 Å². The number of benzene rings is 2. The number of esters is 1. The van der Waals surface area contributed by atoms with Crippen LogP contribution in [0.2, 0.25) is 0 Å². The Kier molecular flexibility index (Phi) is 2.86. The molecule has 0 radical (unpaired) electrons. The third-order valence-corrected chi connectivity index (χ3v) is 3.63. The number of methoxy groups -OCH3 is 2. The molecule has 0 saturated carbocycles. The first-order valence-corrected chi connectivity index (χ1v) is 6.33. The smallest absolute Gasteiger partial charge is 0.341 e. The van der Waals surface area contributed by atoms with Crippen molar-refractivity contribution in [2.75, 3.05) is 14.2 Å². The highest BCUT2D eigenvalue weighted by Crippen LogP contribution is 2.35. The summed E-state index contributed by atoms with van der Waals surface area (Å²) >= 11 is 0. The maximum atomic E-state index is 12.0. The summed E-state index contributed by atoms with van der Waals surface area (Å²) in [5.41, 5.74) is 3.28. The van der Waals surface area contributed by atoms with Crippen molar-refractivity contribution in [1.29, 1.82) is 0 Å². The average molecular weight is 269 g/mol. The van der Waals surface area contributed by atoms with Gasteiger partial charge in [0, 0.05) is 16.3 Å². The number of para-hydroxylation sites is 1. The van der Waals surface area contributed by atoms with Crippen molar-refractivity contribution >= 4 is 27.8 Å². The molecule has 0 bridgehead atoms. The Morgan fingerprint density at radius 3 is 2.60 bits per heavy atom. The van der Waals surface area contributed by atoms with Crippen LogP contribution in [0.15, 0.2) is 30.3 Å². The standard InChI is InChI=1S/C16H15NO3/c1-9-14(16(18)20-3)13(19-2)8-11-10-6-4-5-7-12(10)17-15(9)11/h4-8,17H,1-3H3. The van der Waals surface area contributed by atoms with Crippen molar-refractivity contribution in [2.24, 2.45) is 0 Å².